The molecule has 2 rings (SSSR count). The van der Waals surface area contributed by atoms with Crippen LogP contribution in [0, 0.1) is 17.6 Å². The van der Waals surface area contributed by atoms with Crippen molar-refractivity contribution in [2.24, 2.45) is 5.92 Å². The average Bonchev–Trinajstić information content (AvgIpc) is 2.49. The number of hydrogen-bond donors (Lipinski definition) is 1. The Morgan fingerprint density at radius 2 is 1.77 bits per heavy atom. The zero-order valence-electron chi connectivity index (χ0n) is 12.2. The number of hydrogen-bond acceptors (Lipinski definition) is 2. The van der Waals surface area contributed by atoms with Gasteiger partial charge in [0, 0.05) is 24.3 Å². The van der Waals surface area contributed by atoms with Gasteiger partial charge in [0.05, 0.1) is 5.92 Å². The van der Waals surface area contributed by atoms with E-state index in [0.717, 1.165) is 0 Å². The lowest BCUT2D eigenvalue weighted by molar-refractivity contribution is -0.140. The molecule has 116 valence electrons. The first kappa shape index (κ1) is 15.9. The number of nitrogens with zero attached hydrogens (tertiary/aromatic N) is 1. The molecular formula is C17H17F2NO2. The molecule has 2 aromatic rings. The maximum Gasteiger partial charge on any atom is 0.308 e. The molecule has 2 aromatic carbocycles. The topological polar surface area (TPSA) is 40.5 Å². The van der Waals surface area contributed by atoms with Gasteiger partial charge in [-0.05, 0) is 30.3 Å². The fraction of sp³-hybridized carbons (Fsp3) is 0.235. The summed E-state index contributed by atoms with van der Waals surface area (Å²) < 4.78 is 26.9. The minimum Gasteiger partial charge on any atom is -0.481 e. The molecule has 1 atom stereocenters. The number of anilines is 1. The Balaban J connectivity index is 2.27. The minimum absolute atomic E-state index is 0.204. The lowest BCUT2D eigenvalue weighted by Crippen LogP contribution is -2.31. The van der Waals surface area contributed by atoms with E-state index in [9.17, 15) is 13.6 Å². The summed E-state index contributed by atoms with van der Waals surface area (Å²) in [4.78, 5) is 12.8. The van der Waals surface area contributed by atoms with Gasteiger partial charge in [-0.2, -0.15) is 0 Å². The molecule has 3 nitrogen and oxygen atoms in total. The van der Waals surface area contributed by atoms with E-state index in [2.05, 4.69) is 0 Å². The zero-order valence-corrected chi connectivity index (χ0v) is 12.2. The highest BCUT2D eigenvalue weighted by Gasteiger charge is 2.18. The second kappa shape index (κ2) is 7.02. The first-order valence-corrected chi connectivity index (χ1v) is 6.94. The zero-order chi connectivity index (χ0) is 16.1. The first-order valence-electron chi connectivity index (χ1n) is 6.94. The fourth-order valence-corrected chi connectivity index (χ4v) is 2.15. The van der Waals surface area contributed by atoms with Gasteiger partial charge in [-0.1, -0.05) is 25.1 Å². The van der Waals surface area contributed by atoms with Gasteiger partial charge in [0.25, 0.3) is 0 Å². The molecule has 1 unspecified atom stereocenters. The van der Waals surface area contributed by atoms with Crippen molar-refractivity contribution in [2.45, 2.75) is 13.5 Å². The lowest BCUT2D eigenvalue weighted by Gasteiger charge is -2.27. The fourth-order valence-electron chi connectivity index (χ4n) is 2.15. The van der Waals surface area contributed by atoms with E-state index < -0.39 is 11.9 Å². The smallest absolute Gasteiger partial charge is 0.308 e. The van der Waals surface area contributed by atoms with Crippen molar-refractivity contribution in [1.29, 1.82) is 0 Å². The molecule has 0 saturated carbocycles. The molecule has 5 heteroatoms. The SMILES string of the molecule is CC(CN(Cc1ccccc1F)c1ccc(F)cc1)C(=O)O. The summed E-state index contributed by atoms with van der Waals surface area (Å²) in [5.41, 5.74) is 1.11. The Morgan fingerprint density at radius 1 is 1.14 bits per heavy atom. The Hall–Kier alpha value is -2.43. The van der Waals surface area contributed by atoms with Crippen LogP contribution in [0.5, 0.6) is 0 Å². The predicted octanol–water partition coefficient (Wildman–Crippen LogP) is 3.69. The number of carboxylic acid groups (broad SMARTS) is 1. The molecule has 0 aliphatic rings. The quantitative estimate of drug-likeness (QED) is 0.885. The van der Waals surface area contributed by atoms with Gasteiger partial charge >= 0.3 is 5.97 Å². The normalized spacial score (nSPS) is 12.0. The largest absolute Gasteiger partial charge is 0.481 e. The van der Waals surface area contributed by atoms with Crippen molar-refractivity contribution in [3.63, 3.8) is 0 Å². The van der Waals surface area contributed by atoms with Crippen LogP contribution in [0.25, 0.3) is 0 Å². The molecule has 0 radical (unpaired) electrons. The second-order valence-corrected chi connectivity index (χ2v) is 5.19. The maximum absolute atomic E-state index is 13.8. The van der Waals surface area contributed by atoms with Crippen LogP contribution in [0.4, 0.5) is 14.5 Å². The van der Waals surface area contributed by atoms with E-state index in [4.69, 9.17) is 5.11 Å². The first-order chi connectivity index (χ1) is 10.5. The second-order valence-electron chi connectivity index (χ2n) is 5.19. The number of aliphatic carboxylic acids is 1. The Bertz CT molecular complexity index is 643. The number of benzene rings is 2. The van der Waals surface area contributed by atoms with Crippen LogP contribution in [0.1, 0.15) is 12.5 Å². The number of carboxylic acids is 1. The molecule has 0 saturated heterocycles. The van der Waals surface area contributed by atoms with Gasteiger partial charge in [-0.25, -0.2) is 8.78 Å². The number of rotatable bonds is 6. The van der Waals surface area contributed by atoms with Crippen LogP contribution in [0.3, 0.4) is 0 Å². The minimum atomic E-state index is -0.930. The molecule has 1 N–H and O–H groups in total. The van der Waals surface area contributed by atoms with Crippen LogP contribution < -0.4 is 4.90 Å². The van der Waals surface area contributed by atoms with Crippen LogP contribution in [0.2, 0.25) is 0 Å². The molecule has 0 heterocycles. The molecule has 0 aliphatic carbocycles. The van der Waals surface area contributed by atoms with E-state index >= 15 is 0 Å². The molecule has 0 spiro atoms. The standard InChI is InChI=1S/C17H17F2NO2/c1-12(17(21)22)10-20(15-8-6-14(18)7-9-15)11-13-4-2-3-5-16(13)19/h2-9,12H,10-11H2,1H3,(H,21,22). The van der Waals surface area contributed by atoms with E-state index in [1.54, 1.807) is 42.2 Å². The van der Waals surface area contributed by atoms with Crippen LogP contribution in [0.15, 0.2) is 48.5 Å². The van der Waals surface area contributed by atoms with Crippen LogP contribution in [-0.2, 0) is 11.3 Å². The monoisotopic (exact) mass is 305 g/mol. The van der Waals surface area contributed by atoms with Crippen molar-refractivity contribution in [1.82, 2.24) is 0 Å². The summed E-state index contributed by atoms with van der Waals surface area (Å²) in [5.74, 6) is -2.28. The maximum atomic E-state index is 13.8. The van der Waals surface area contributed by atoms with E-state index in [0.29, 0.717) is 11.3 Å². The highest BCUT2D eigenvalue weighted by atomic mass is 19.1. The van der Waals surface area contributed by atoms with Crippen molar-refractivity contribution in [3.8, 4) is 0 Å². The molecule has 0 amide bonds. The van der Waals surface area contributed by atoms with E-state index in [1.165, 1.54) is 18.2 Å². The Morgan fingerprint density at radius 3 is 2.36 bits per heavy atom. The van der Waals surface area contributed by atoms with Gasteiger partial charge in [-0.15, -0.1) is 0 Å². The molecule has 0 fully saturated rings. The third-order valence-electron chi connectivity index (χ3n) is 3.43. The van der Waals surface area contributed by atoms with E-state index in [1.807, 2.05) is 0 Å². The van der Waals surface area contributed by atoms with Gasteiger partial charge in [0.2, 0.25) is 0 Å². The molecule has 0 bridgehead atoms. The van der Waals surface area contributed by atoms with Gasteiger partial charge in [0.1, 0.15) is 11.6 Å². The van der Waals surface area contributed by atoms with Crippen molar-refractivity contribution >= 4 is 11.7 Å². The molecule has 22 heavy (non-hydrogen) atoms. The Labute approximate surface area is 127 Å². The summed E-state index contributed by atoms with van der Waals surface area (Å²) in [7, 11) is 0. The highest BCUT2D eigenvalue weighted by molar-refractivity contribution is 5.70. The molecular weight excluding hydrogens is 288 g/mol. The highest BCUT2D eigenvalue weighted by Crippen LogP contribution is 2.20. The predicted molar refractivity (Wildman–Crippen MR) is 80.6 cm³/mol. The summed E-state index contributed by atoms with van der Waals surface area (Å²) >= 11 is 0. The molecule has 0 aliphatic heterocycles. The van der Waals surface area contributed by atoms with Gasteiger partial charge in [0.15, 0.2) is 0 Å². The van der Waals surface area contributed by atoms with Crippen molar-refractivity contribution in [3.05, 3.63) is 65.7 Å². The summed E-state index contributed by atoms with van der Waals surface area (Å²) in [6, 6.07) is 12.1. The van der Waals surface area contributed by atoms with Gasteiger partial charge < -0.3 is 10.0 Å². The third-order valence-corrected chi connectivity index (χ3v) is 3.43. The van der Waals surface area contributed by atoms with Crippen LogP contribution in [-0.4, -0.2) is 17.6 Å². The summed E-state index contributed by atoms with van der Waals surface area (Å²) in [6.07, 6.45) is 0. The number of halogens is 2. The summed E-state index contributed by atoms with van der Waals surface area (Å²) in [6.45, 7) is 2.01. The van der Waals surface area contributed by atoms with Crippen LogP contribution >= 0.6 is 0 Å². The Kier molecular flexibility index (Phi) is 5.09. The van der Waals surface area contributed by atoms with E-state index in [-0.39, 0.29) is 24.7 Å². The number of carbonyl (C=O) groups is 1. The van der Waals surface area contributed by atoms with Gasteiger partial charge in [-0.3, -0.25) is 4.79 Å². The lowest BCUT2D eigenvalue weighted by atomic mass is 10.1. The summed E-state index contributed by atoms with van der Waals surface area (Å²) in [5, 5.41) is 9.08. The molecule has 0 aromatic heterocycles. The average molecular weight is 305 g/mol. The third kappa shape index (κ3) is 4.04. The van der Waals surface area contributed by atoms with Crippen molar-refractivity contribution < 1.29 is 18.7 Å². The van der Waals surface area contributed by atoms with Crippen molar-refractivity contribution in [2.75, 3.05) is 11.4 Å².